The summed E-state index contributed by atoms with van der Waals surface area (Å²) in [6.45, 7) is 0. The average molecular weight is 506 g/mol. The van der Waals surface area contributed by atoms with Crippen molar-refractivity contribution >= 4 is 58.3 Å². The van der Waals surface area contributed by atoms with E-state index in [0.29, 0.717) is 33.3 Å². The Morgan fingerprint density at radius 1 is 1.30 bits per heavy atom. The minimum Gasteiger partial charge on any atom is -0.499 e. The van der Waals surface area contributed by atoms with Gasteiger partial charge in [-0.15, -0.1) is 49.7 Å². The lowest BCUT2D eigenvalue weighted by molar-refractivity contribution is -0.150. The number of β-lactam (4-membered cyclic amide) rings is 1. The van der Waals surface area contributed by atoms with Crippen molar-refractivity contribution in [2.24, 2.45) is 0 Å². The van der Waals surface area contributed by atoms with Crippen LogP contribution in [0.3, 0.4) is 0 Å². The molecule has 1 saturated heterocycles. The molecule has 0 aliphatic carbocycles. The normalized spacial score (nSPS) is 20.0. The van der Waals surface area contributed by atoms with Crippen LogP contribution in [0.15, 0.2) is 39.9 Å². The second kappa shape index (κ2) is 8.64. The quantitative estimate of drug-likeness (QED) is 0.300. The molecule has 0 spiro atoms. The Kier molecular flexibility index (Phi) is 5.67. The zero-order chi connectivity index (χ0) is 23.1. The van der Waals surface area contributed by atoms with Gasteiger partial charge in [0.05, 0.1) is 6.42 Å². The SMILES string of the molecule is O=C(Cc1ccsc1O)NC1C(=O)N2C(C(=O)O)=C(CSc3ccc4nnnn4n3)CS[C@H]12. The first-order valence-electron chi connectivity index (χ1n) is 9.55. The monoisotopic (exact) mass is 505 g/mol. The molecular weight excluding hydrogens is 490 g/mol. The molecule has 0 saturated carbocycles. The van der Waals surface area contributed by atoms with Crippen molar-refractivity contribution < 1.29 is 24.6 Å². The molecule has 15 heteroatoms. The number of aliphatic carboxylic acids is 1. The van der Waals surface area contributed by atoms with Crippen LogP contribution in [0.1, 0.15) is 5.56 Å². The van der Waals surface area contributed by atoms with E-state index < -0.39 is 29.2 Å². The van der Waals surface area contributed by atoms with Gasteiger partial charge in [-0.05, 0) is 39.6 Å². The summed E-state index contributed by atoms with van der Waals surface area (Å²) in [5.74, 6) is -1.35. The fourth-order valence-corrected chi connectivity index (χ4v) is 6.51. The van der Waals surface area contributed by atoms with Crippen molar-refractivity contribution in [2.75, 3.05) is 11.5 Å². The van der Waals surface area contributed by atoms with Crippen molar-refractivity contribution in [3.05, 3.63) is 40.4 Å². The maximum absolute atomic E-state index is 12.8. The molecule has 2 aliphatic rings. The Bertz CT molecular complexity index is 1310. The molecule has 1 unspecified atom stereocenters. The smallest absolute Gasteiger partial charge is 0.352 e. The highest BCUT2D eigenvalue weighted by Crippen LogP contribution is 2.41. The molecule has 5 heterocycles. The van der Waals surface area contributed by atoms with E-state index in [1.54, 1.807) is 23.6 Å². The van der Waals surface area contributed by atoms with Gasteiger partial charge in [-0.3, -0.25) is 14.5 Å². The third-order valence-electron chi connectivity index (χ3n) is 5.08. The lowest BCUT2D eigenvalue weighted by Gasteiger charge is -2.49. The van der Waals surface area contributed by atoms with Crippen LogP contribution in [0.2, 0.25) is 0 Å². The molecule has 2 aliphatic heterocycles. The van der Waals surface area contributed by atoms with Crippen molar-refractivity contribution in [1.82, 2.24) is 35.5 Å². The highest BCUT2D eigenvalue weighted by molar-refractivity contribution is 8.01. The predicted octanol–water partition coefficient (Wildman–Crippen LogP) is 0.360. The van der Waals surface area contributed by atoms with Crippen molar-refractivity contribution in [3.63, 3.8) is 0 Å². The van der Waals surface area contributed by atoms with E-state index in [1.807, 2.05) is 0 Å². The first-order valence-corrected chi connectivity index (χ1v) is 12.5. The first kappa shape index (κ1) is 21.7. The summed E-state index contributed by atoms with van der Waals surface area (Å²) in [6, 6.07) is 4.28. The number of carboxylic acids is 1. The van der Waals surface area contributed by atoms with Crippen LogP contribution in [0.25, 0.3) is 5.65 Å². The lowest BCUT2D eigenvalue weighted by atomic mass is 10.0. The van der Waals surface area contributed by atoms with Gasteiger partial charge in [0, 0.05) is 17.1 Å². The topological polar surface area (TPSA) is 163 Å². The van der Waals surface area contributed by atoms with Crippen LogP contribution in [0, 0.1) is 0 Å². The molecular formula is C18H15N7O5S3. The summed E-state index contributed by atoms with van der Waals surface area (Å²) < 4.78 is 1.28. The maximum atomic E-state index is 12.8. The third kappa shape index (κ3) is 4.02. The Morgan fingerprint density at radius 3 is 2.91 bits per heavy atom. The number of carbonyl (C=O) groups is 3. The number of carbonyl (C=O) groups excluding carboxylic acids is 2. The number of fused-ring (bicyclic) bond motifs is 2. The minimum atomic E-state index is -1.19. The van der Waals surface area contributed by atoms with Crippen molar-refractivity contribution in [2.45, 2.75) is 22.9 Å². The van der Waals surface area contributed by atoms with E-state index in [0.717, 1.165) is 11.3 Å². The van der Waals surface area contributed by atoms with E-state index in [4.69, 9.17) is 0 Å². The number of nitrogens with zero attached hydrogens (tertiary/aromatic N) is 6. The number of thioether (sulfide) groups is 2. The first-order chi connectivity index (χ1) is 15.9. The number of hydrogen-bond donors (Lipinski definition) is 3. The minimum absolute atomic E-state index is 0.0549. The number of tetrazole rings is 1. The molecule has 3 aromatic heterocycles. The number of hydrogen-bond acceptors (Lipinski definition) is 11. The van der Waals surface area contributed by atoms with E-state index >= 15 is 0 Å². The van der Waals surface area contributed by atoms with E-state index in [-0.39, 0.29) is 17.2 Å². The molecule has 3 aromatic rings. The van der Waals surface area contributed by atoms with Gasteiger partial charge in [0.25, 0.3) is 5.91 Å². The second-order valence-electron chi connectivity index (χ2n) is 7.13. The summed E-state index contributed by atoms with van der Waals surface area (Å²) in [4.78, 5) is 38.3. The van der Waals surface area contributed by atoms with Crippen molar-refractivity contribution in [3.8, 4) is 5.06 Å². The van der Waals surface area contributed by atoms with E-state index in [2.05, 4.69) is 25.9 Å². The molecule has 33 heavy (non-hydrogen) atoms. The standard InChI is InChI=1S/C18H15N7O5S3/c26-11(5-8-3-4-31-18(8)30)19-13-15(27)24-14(17(28)29)9(7-33-16(13)24)6-32-12-2-1-10-20-22-23-25(10)21-12/h1-4,13,16,30H,5-7H2,(H,19,26)(H,28,29)/t13?,16-/m1/s1. The zero-order valence-electron chi connectivity index (χ0n) is 16.6. The fourth-order valence-electron chi connectivity index (χ4n) is 3.53. The van der Waals surface area contributed by atoms with Gasteiger partial charge in [0.2, 0.25) is 5.91 Å². The second-order valence-corrected chi connectivity index (χ2v) is 10.1. The number of carboxylic acid groups (broad SMARTS) is 1. The Labute approximate surface area is 198 Å². The molecule has 0 bridgehead atoms. The van der Waals surface area contributed by atoms with Crippen LogP contribution in [-0.4, -0.2) is 81.1 Å². The summed E-state index contributed by atoms with van der Waals surface area (Å²) >= 11 is 3.83. The number of amides is 2. The number of thiophene rings is 1. The van der Waals surface area contributed by atoms with Gasteiger partial charge in [-0.2, -0.15) is 0 Å². The number of aromatic nitrogens is 5. The summed E-state index contributed by atoms with van der Waals surface area (Å²) in [6.07, 6.45) is -0.0569. The predicted molar refractivity (Wildman–Crippen MR) is 119 cm³/mol. The molecule has 1 fully saturated rings. The van der Waals surface area contributed by atoms with Crippen molar-refractivity contribution in [1.29, 1.82) is 0 Å². The van der Waals surface area contributed by atoms with Gasteiger partial charge in [0.15, 0.2) is 10.7 Å². The zero-order valence-corrected chi connectivity index (χ0v) is 19.1. The number of aromatic hydroxyl groups is 1. The summed E-state index contributed by atoms with van der Waals surface area (Å²) in [7, 11) is 0. The van der Waals surface area contributed by atoms with Crippen LogP contribution in [0.4, 0.5) is 0 Å². The third-order valence-corrected chi connectivity index (χ3v) is 8.18. The van der Waals surface area contributed by atoms with Crippen LogP contribution in [-0.2, 0) is 20.8 Å². The van der Waals surface area contributed by atoms with E-state index in [1.165, 1.54) is 33.1 Å². The Hall–Kier alpha value is -3.17. The Morgan fingerprint density at radius 2 is 2.15 bits per heavy atom. The number of rotatable bonds is 7. The Balaban J connectivity index is 1.27. The summed E-state index contributed by atoms with van der Waals surface area (Å²) in [5, 5.41) is 39.3. The van der Waals surface area contributed by atoms with Crippen LogP contribution < -0.4 is 5.32 Å². The van der Waals surface area contributed by atoms with Gasteiger partial charge >= 0.3 is 5.97 Å². The molecule has 2 atom stereocenters. The highest BCUT2D eigenvalue weighted by Gasteiger charge is 2.54. The molecule has 2 amide bonds. The average Bonchev–Trinajstić information content (AvgIpc) is 3.43. The van der Waals surface area contributed by atoms with Gasteiger partial charge in [-0.1, -0.05) is 0 Å². The molecule has 0 aromatic carbocycles. The highest BCUT2D eigenvalue weighted by atomic mass is 32.2. The van der Waals surface area contributed by atoms with Gasteiger partial charge < -0.3 is 15.5 Å². The van der Waals surface area contributed by atoms with Gasteiger partial charge in [0.1, 0.15) is 22.1 Å². The van der Waals surface area contributed by atoms with Crippen LogP contribution in [0.5, 0.6) is 5.06 Å². The number of nitrogens with one attached hydrogen (secondary N) is 1. The lowest BCUT2D eigenvalue weighted by Crippen LogP contribution is -2.70. The molecule has 12 nitrogen and oxygen atoms in total. The molecule has 0 radical (unpaired) electrons. The molecule has 5 rings (SSSR count). The maximum Gasteiger partial charge on any atom is 0.352 e. The molecule has 3 N–H and O–H groups in total. The fraction of sp³-hybridized carbons (Fsp3) is 0.278. The van der Waals surface area contributed by atoms with E-state index in [9.17, 15) is 24.6 Å². The van der Waals surface area contributed by atoms with Gasteiger partial charge in [-0.25, -0.2) is 4.79 Å². The molecule has 170 valence electrons. The largest absolute Gasteiger partial charge is 0.499 e. The van der Waals surface area contributed by atoms with Crippen LogP contribution >= 0.6 is 34.9 Å². The summed E-state index contributed by atoms with van der Waals surface area (Å²) in [5.41, 5.74) is 1.51.